The summed E-state index contributed by atoms with van der Waals surface area (Å²) in [6, 6.07) is 9.67. The Labute approximate surface area is 162 Å². The Morgan fingerprint density at radius 3 is 2.36 bits per heavy atom. The molecule has 0 radical (unpaired) electrons. The third-order valence-corrected chi connectivity index (χ3v) is 4.33. The van der Waals surface area contributed by atoms with Gasteiger partial charge in [-0.05, 0) is 56.2 Å². The van der Waals surface area contributed by atoms with Crippen molar-refractivity contribution in [2.24, 2.45) is 0 Å². The number of amides is 2. The molecule has 0 spiro atoms. The molecular formula is C21H21FN4O2. The Balaban J connectivity index is 1.66. The van der Waals surface area contributed by atoms with Crippen LogP contribution in [0.2, 0.25) is 0 Å². The van der Waals surface area contributed by atoms with Crippen molar-refractivity contribution >= 4 is 17.5 Å². The van der Waals surface area contributed by atoms with E-state index in [4.69, 9.17) is 0 Å². The molecule has 6 nitrogen and oxygen atoms in total. The van der Waals surface area contributed by atoms with Crippen LogP contribution >= 0.6 is 0 Å². The topological polar surface area (TPSA) is 76.0 Å². The second-order valence-corrected chi connectivity index (χ2v) is 6.63. The number of carbonyl (C=O) groups is 2. The zero-order valence-corrected chi connectivity index (χ0v) is 15.9. The Morgan fingerprint density at radius 1 is 1.07 bits per heavy atom. The molecule has 1 heterocycles. The summed E-state index contributed by atoms with van der Waals surface area (Å²) < 4.78 is 14.6. The molecule has 3 rings (SSSR count). The molecule has 2 amide bonds. The molecule has 0 unspecified atom stereocenters. The van der Waals surface area contributed by atoms with Crippen molar-refractivity contribution in [3.05, 3.63) is 77.1 Å². The first-order valence-electron chi connectivity index (χ1n) is 8.79. The molecule has 3 aromatic rings. The van der Waals surface area contributed by atoms with E-state index in [0.29, 0.717) is 5.69 Å². The predicted molar refractivity (Wildman–Crippen MR) is 105 cm³/mol. The molecule has 0 aliphatic rings. The van der Waals surface area contributed by atoms with Crippen LogP contribution in [-0.4, -0.2) is 27.9 Å². The van der Waals surface area contributed by atoms with Crippen molar-refractivity contribution in [2.75, 3.05) is 11.9 Å². The van der Waals surface area contributed by atoms with Gasteiger partial charge in [0.15, 0.2) is 0 Å². The standard InChI is InChI=1S/C21H21FN4O2/c1-13-8-14(2)20(15(3)9-13)25-19(27)11-24-21(28)18-10-23-12-26(18)17-6-4-16(22)5-7-17/h4-10,12H,11H2,1-3H3,(H,24,28)(H,25,27). The molecule has 0 fully saturated rings. The van der Waals surface area contributed by atoms with Gasteiger partial charge in [0.1, 0.15) is 11.5 Å². The van der Waals surface area contributed by atoms with Gasteiger partial charge in [0, 0.05) is 11.4 Å². The third-order valence-electron chi connectivity index (χ3n) is 4.33. The van der Waals surface area contributed by atoms with Crippen LogP contribution in [0.15, 0.2) is 48.9 Å². The highest BCUT2D eigenvalue weighted by Gasteiger charge is 2.15. The maximum absolute atomic E-state index is 13.1. The Kier molecular flexibility index (Phi) is 5.54. The highest BCUT2D eigenvalue weighted by atomic mass is 19.1. The van der Waals surface area contributed by atoms with Gasteiger partial charge in [0.25, 0.3) is 5.91 Å². The summed E-state index contributed by atoms with van der Waals surface area (Å²) in [6.07, 6.45) is 2.85. The first kappa shape index (κ1) is 19.3. The number of benzene rings is 2. The number of aryl methyl sites for hydroxylation is 3. The van der Waals surface area contributed by atoms with E-state index in [9.17, 15) is 14.0 Å². The van der Waals surface area contributed by atoms with Gasteiger partial charge in [-0.25, -0.2) is 9.37 Å². The maximum Gasteiger partial charge on any atom is 0.270 e. The quantitative estimate of drug-likeness (QED) is 0.713. The van der Waals surface area contributed by atoms with E-state index in [1.54, 1.807) is 12.1 Å². The highest BCUT2D eigenvalue weighted by molar-refractivity contribution is 5.99. The third kappa shape index (κ3) is 4.25. The van der Waals surface area contributed by atoms with Crippen molar-refractivity contribution in [3.63, 3.8) is 0 Å². The van der Waals surface area contributed by atoms with E-state index in [0.717, 1.165) is 22.4 Å². The van der Waals surface area contributed by atoms with Crippen LogP contribution in [0.4, 0.5) is 10.1 Å². The van der Waals surface area contributed by atoms with Crippen molar-refractivity contribution in [2.45, 2.75) is 20.8 Å². The average Bonchev–Trinajstić information content (AvgIpc) is 3.13. The largest absolute Gasteiger partial charge is 0.342 e. The molecule has 0 aliphatic carbocycles. The van der Waals surface area contributed by atoms with Crippen molar-refractivity contribution in [1.82, 2.24) is 14.9 Å². The Bertz CT molecular complexity index is 1000. The zero-order valence-electron chi connectivity index (χ0n) is 15.9. The summed E-state index contributed by atoms with van der Waals surface area (Å²) in [5, 5.41) is 5.43. The van der Waals surface area contributed by atoms with E-state index in [1.165, 1.54) is 29.2 Å². The number of carbonyl (C=O) groups excluding carboxylic acids is 2. The first-order valence-corrected chi connectivity index (χ1v) is 8.79. The highest BCUT2D eigenvalue weighted by Crippen LogP contribution is 2.21. The number of hydrogen-bond donors (Lipinski definition) is 2. The van der Waals surface area contributed by atoms with Crippen molar-refractivity contribution in [1.29, 1.82) is 0 Å². The van der Waals surface area contributed by atoms with Crippen molar-refractivity contribution in [3.8, 4) is 5.69 Å². The summed E-state index contributed by atoms with van der Waals surface area (Å²) in [4.78, 5) is 28.7. The SMILES string of the molecule is Cc1cc(C)c(NC(=O)CNC(=O)c2cncn2-c2ccc(F)cc2)c(C)c1. The minimum atomic E-state index is -0.450. The molecule has 144 valence electrons. The number of imidazole rings is 1. The second kappa shape index (κ2) is 8.04. The fraction of sp³-hybridized carbons (Fsp3) is 0.190. The van der Waals surface area contributed by atoms with Gasteiger partial charge in [0.05, 0.1) is 19.1 Å². The molecule has 7 heteroatoms. The van der Waals surface area contributed by atoms with E-state index >= 15 is 0 Å². The normalized spacial score (nSPS) is 10.6. The fourth-order valence-corrected chi connectivity index (χ4v) is 3.08. The van der Waals surface area contributed by atoms with Crippen LogP contribution in [0.1, 0.15) is 27.2 Å². The molecule has 0 atom stereocenters. The number of hydrogen-bond acceptors (Lipinski definition) is 3. The molecule has 0 saturated heterocycles. The minimum Gasteiger partial charge on any atom is -0.342 e. The van der Waals surface area contributed by atoms with Crippen LogP contribution in [0, 0.1) is 26.6 Å². The van der Waals surface area contributed by atoms with Gasteiger partial charge in [-0.15, -0.1) is 0 Å². The van der Waals surface area contributed by atoms with E-state index in [-0.39, 0.29) is 24.0 Å². The van der Waals surface area contributed by atoms with Crippen LogP contribution in [-0.2, 0) is 4.79 Å². The average molecular weight is 380 g/mol. The Hall–Kier alpha value is -3.48. The van der Waals surface area contributed by atoms with Gasteiger partial charge in [-0.3, -0.25) is 14.2 Å². The van der Waals surface area contributed by atoms with Gasteiger partial charge < -0.3 is 10.6 Å². The van der Waals surface area contributed by atoms with Gasteiger partial charge in [-0.2, -0.15) is 0 Å². The lowest BCUT2D eigenvalue weighted by molar-refractivity contribution is -0.115. The number of anilines is 1. The molecule has 28 heavy (non-hydrogen) atoms. The maximum atomic E-state index is 13.1. The number of nitrogens with one attached hydrogen (secondary N) is 2. The summed E-state index contributed by atoms with van der Waals surface area (Å²) >= 11 is 0. The molecule has 2 aromatic carbocycles. The lowest BCUT2D eigenvalue weighted by Gasteiger charge is -2.13. The minimum absolute atomic E-state index is 0.180. The molecule has 0 bridgehead atoms. The van der Waals surface area contributed by atoms with Crippen LogP contribution in [0.25, 0.3) is 5.69 Å². The number of aromatic nitrogens is 2. The van der Waals surface area contributed by atoms with Crippen molar-refractivity contribution < 1.29 is 14.0 Å². The summed E-state index contributed by atoms with van der Waals surface area (Å²) in [7, 11) is 0. The van der Waals surface area contributed by atoms with Crippen LogP contribution < -0.4 is 10.6 Å². The summed E-state index contributed by atoms with van der Waals surface area (Å²) in [6.45, 7) is 5.67. The predicted octanol–water partition coefficient (Wildman–Crippen LogP) is 3.31. The van der Waals surface area contributed by atoms with E-state index in [2.05, 4.69) is 15.6 Å². The molecule has 1 aromatic heterocycles. The number of rotatable bonds is 5. The molecule has 0 aliphatic heterocycles. The zero-order chi connectivity index (χ0) is 20.3. The number of nitrogens with zero attached hydrogens (tertiary/aromatic N) is 2. The summed E-state index contributed by atoms with van der Waals surface area (Å²) in [5.74, 6) is -1.14. The second-order valence-electron chi connectivity index (χ2n) is 6.63. The van der Waals surface area contributed by atoms with Gasteiger partial charge in [0.2, 0.25) is 5.91 Å². The van der Waals surface area contributed by atoms with E-state index < -0.39 is 5.91 Å². The van der Waals surface area contributed by atoms with Crippen LogP contribution in [0.3, 0.4) is 0 Å². The molecule has 2 N–H and O–H groups in total. The monoisotopic (exact) mass is 380 g/mol. The van der Waals surface area contributed by atoms with Gasteiger partial charge >= 0.3 is 0 Å². The molecule has 0 saturated carbocycles. The number of halogens is 1. The fourth-order valence-electron chi connectivity index (χ4n) is 3.08. The first-order chi connectivity index (χ1) is 13.3. The smallest absolute Gasteiger partial charge is 0.270 e. The lowest BCUT2D eigenvalue weighted by atomic mass is 10.1. The van der Waals surface area contributed by atoms with Gasteiger partial charge in [-0.1, -0.05) is 17.7 Å². The lowest BCUT2D eigenvalue weighted by Crippen LogP contribution is -2.34. The van der Waals surface area contributed by atoms with Crippen LogP contribution in [0.5, 0.6) is 0 Å². The summed E-state index contributed by atoms with van der Waals surface area (Å²) in [5.41, 5.74) is 4.65. The molecular weight excluding hydrogens is 359 g/mol. The Morgan fingerprint density at radius 2 is 1.71 bits per heavy atom. The van der Waals surface area contributed by atoms with E-state index in [1.807, 2.05) is 32.9 Å².